The Labute approximate surface area is 209 Å². The highest BCUT2D eigenvalue weighted by atomic mass is 32.1. The first-order valence-corrected chi connectivity index (χ1v) is 13.1. The Bertz CT molecular complexity index is 1180. The molecule has 3 aromatic heterocycles. The first kappa shape index (κ1) is 23.8. The molecule has 2 fully saturated rings. The number of likely N-dealkylation sites (tertiary alicyclic amines) is 1. The normalized spacial score (nSPS) is 24.8. The quantitative estimate of drug-likeness (QED) is 0.495. The van der Waals surface area contributed by atoms with E-state index in [1.165, 1.54) is 0 Å². The van der Waals surface area contributed by atoms with E-state index in [2.05, 4.69) is 10.3 Å². The third-order valence-electron chi connectivity index (χ3n) is 6.98. The summed E-state index contributed by atoms with van der Waals surface area (Å²) in [5.41, 5.74) is 2.01. The molecule has 1 saturated heterocycles. The first-order chi connectivity index (χ1) is 17.0. The number of amides is 1. The molecule has 2 atom stereocenters. The summed E-state index contributed by atoms with van der Waals surface area (Å²) >= 11 is 1.67. The summed E-state index contributed by atoms with van der Waals surface area (Å²) in [7, 11) is 0. The molecule has 0 aromatic carbocycles. The largest absolute Gasteiger partial charge is 0.390 e. The van der Waals surface area contributed by atoms with Crippen LogP contribution in [0.3, 0.4) is 0 Å². The van der Waals surface area contributed by atoms with Crippen molar-refractivity contribution in [2.45, 2.75) is 57.2 Å². The van der Waals surface area contributed by atoms with Gasteiger partial charge in [-0.3, -0.25) is 4.79 Å². The summed E-state index contributed by atoms with van der Waals surface area (Å²) in [6.07, 6.45) is 6.06. The molecular weight excluding hydrogens is 462 g/mol. The second kappa shape index (κ2) is 10.4. The van der Waals surface area contributed by atoms with Gasteiger partial charge in [-0.15, -0.1) is 11.3 Å². The summed E-state index contributed by atoms with van der Waals surface area (Å²) in [6.45, 7) is 2.78. The standard InChI is InChI=1S/C26H31N5O3S/c1-16-9-11-27-24(13-16)30-23-4-2-3-19(29-23)22-14-28-25(35-22)17-5-7-18(8-6-17)26(34)31-12-10-20(32)21(33)15-31/h2-4,9,11,13-14,17-18,20-21,32-33H,5-8,10,12,15H2,1H3,(H,27,29,30)/t17?,18?,20-,21+/m0/s1. The monoisotopic (exact) mass is 493 g/mol. The molecule has 184 valence electrons. The Morgan fingerprint density at radius 2 is 1.89 bits per heavy atom. The lowest BCUT2D eigenvalue weighted by molar-refractivity contribution is -0.143. The van der Waals surface area contributed by atoms with Crippen LogP contribution in [0.15, 0.2) is 42.7 Å². The summed E-state index contributed by atoms with van der Waals surface area (Å²) in [5.74, 6) is 1.97. The Balaban J connectivity index is 1.20. The van der Waals surface area contributed by atoms with Crippen LogP contribution in [-0.2, 0) is 4.79 Å². The number of β-amino-alcohol motifs (C(OH)–C–C–N with tert-alkyl or cyclic N) is 1. The molecule has 0 bridgehead atoms. The van der Waals surface area contributed by atoms with Crippen LogP contribution < -0.4 is 5.32 Å². The van der Waals surface area contributed by atoms with Crippen molar-refractivity contribution >= 4 is 28.9 Å². The van der Waals surface area contributed by atoms with Crippen LogP contribution in [0, 0.1) is 12.8 Å². The molecule has 35 heavy (non-hydrogen) atoms. The second-order valence-electron chi connectivity index (χ2n) is 9.57. The van der Waals surface area contributed by atoms with Gasteiger partial charge >= 0.3 is 0 Å². The summed E-state index contributed by atoms with van der Waals surface area (Å²) in [4.78, 5) is 29.5. The van der Waals surface area contributed by atoms with Crippen molar-refractivity contribution in [3.05, 3.63) is 53.3 Å². The van der Waals surface area contributed by atoms with Gasteiger partial charge in [0, 0.05) is 37.3 Å². The SMILES string of the molecule is Cc1ccnc(Nc2cccc(-c3cnc(C4CCC(C(=O)N5CC[C@H](O)[C@H](O)C5)CC4)s3)n2)c1. The third-order valence-corrected chi connectivity index (χ3v) is 8.16. The van der Waals surface area contributed by atoms with Crippen LogP contribution in [0.2, 0.25) is 0 Å². The number of hydrogen-bond acceptors (Lipinski definition) is 8. The zero-order valence-corrected chi connectivity index (χ0v) is 20.6. The molecule has 1 aliphatic heterocycles. The maximum absolute atomic E-state index is 12.9. The number of piperidine rings is 1. The lowest BCUT2D eigenvalue weighted by atomic mass is 9.81. The summed E-state index contributed by atoms with van der Waals surface area (Å²) < 4.78 is 0. The zero-order valence-electron chi connectivity index (χ0n) is 19.8. The van der Waals surface area contributed by atoms with Gasteiger partial charge in [0.1, 0.15) is 11.6 Å². The second-order valence-corrected chi connectivity index (χ2v) is 10.6. The summed E-state index contributed by atoms with van der Waals surface area (Å²) in [5, 5.41) is 24.0. The van der Waals surface area contributed by atoms with Crippen molar-refractivity contribution in [1.82, 2.24) is 19.9 Å². The average Bonchev–Trinajstić information content (AvgIpc) is 3.36. The number of thiazole rings is 1. The highest BCUT2D eigenvalue weighted by Crippen LogP contribution is 2.40. The van der Waals surface area contributed by atoms with E-state index in [0.29, 0.717) is 18.9 Å². The number of pyridine rings is 2. The first-order valence-electron chi connectivity index (χ1n) is 12.2. The minimum atomic E-state index is -0.840. The number of nitrogens with one attached hydrogen (secondary N) is 1. The number of aryl methyl sites for hydroxylation is 1. The van der Waals surface area contributed by atoms with Crippen molar-refractivity contribution in [3.8, 4) is 10.6 Å². The Morgan fingerprint density at radius 1 is 1.06 bits per heavy atom. The number of hydrogen-bond donors (Lipinski definition) is 3. The number of carbonyl (C=O) groups is 1. The molecule has 8 nitrogen and oxygen atoms in total. The van der Waals surface area contributed by atoms with E-state index in [1.807, 2.05) is 43.5 Å². The Morgan fingerprint density at radius 3 is 2.66 bits per heavy atom. The van der Waals surface area contributed by atoms with Gasteiger partial charge in [0.2, 0.25) is 5.91 Å². The number of anilines is 2. The van der Waals surface area contributed by atoms with Gasteiger partial charge in [-0.25, -0.2) is 15.0 Å². The van der Waals surface area contributed by atoms with Crippen molar-refractivity contribution in [3.63, 3.8) is 0 Å². The maximum Gasteiger partial charge on any atom is 0.225 e. The van der Waals surface area contributed by atoms with Crippen molar-refractivity contribution < 1.29 is 15.0 Å². The van der Waals surface area contributed by atoms with E-state index in [1.54, 1.807) is 22.4 Å². The van der Waals surface area contributed by atoms with Gasteiger partial charge in [-0.05, 0) is 68.9 Å². The molecule has 0 unspecified atom stereocenters. The van der Waals surface area contributed by atoms with Crippen LogP contribution in [0.4, 0.5) is 11.6 Å². The molecule has 5 rings (SSSR count). The van der Waals surface area contributed by atoms with E-state index in [-0.39, 0.29) is 18.4 Å². The van der Waals surface area contributed by atoms with Crippen LogP contribution in [0.5, 0.6) is 0 Å². The fourth-order valence-electron chi connectivity index (χ4n) is 4.94. The number of aromatic nitrogens is 3. The fraction of sp³-hybridized carbons (Fsp3) is 0.462. The predicted molar refractivity (Wildman–Crippen MR) is 136 cm³/mol. The third kappa shape index (κ3) is 5.52. The Hall–Kier alpha value is -2.88. The predicted octanol–water partition coefficient (Wildman–Crippen LogP) is 3.88. The highest BCUT2D eigenvalue weighted by Gasteiger charge is 2.35. The maximum atomic E-state index is 12.9. The lowest BCUT2D eigenvalue weighted by Gasteiger charge is -2.37. The van der Waals surface area contributed by atoms with E-state index in [0.717, 1.165) is 58.5 Å². The highest BCUT2D eigenvalue weighted by molar-refractivity contribution is 7.15. The molecule has 0 spiro atoms. The number of aliphatic hydroxyl groups excluding tert-OH is 2. The topological polar surface area (TPSA) is 111 Å². The van der Waals surface area contributed by atoms with Crippen molar-refractivity contribution in [2.24, 2.45) is 5.92 Å². The van der Waals surface area contributed by atoms with Crippen LogP contribution >= 0.6 is 11.3 Å². The molecule has 0 radical (unpaired) electrons. The number of rotatable bonds is 5. The number of carbonyl (C=O) groups excluding carboxylic acids is 1. The van der Waals surface area contributed by atoms with Gasteiger partial charge in [0.05, 0.1) is 27.8 Å². The van der Waals surface area contributed by atoms with E-state index in [4.69, 9.17) is 9.97 Å². The van der Waals surface area contributed by atoms with Crippen LogP contribution in [-0.4, -0.2) is 61.3 Å². The van der Waals surface area contributed by atoms with Crippen molar-refractivity contribution in [1.29, 1.82) is 0 Å². The molecule has 1 saturated carbocycles. The molecule has 1 amide bonds. The van der Waals surface area contributed by atoms with Crippen LogP contribution in [0.1, 0.15) is 48.6 Å². The molecular formula is C26H31N5O3S. The van der Waals surface area contributed by atoms with Gasteiger partial charge < -0.3 is 20.4 Å². The van der Waals surface area contributed by atoms with Gasteiger partial charge in [0.25, 0.3) is 0 Å². The smallest absolute Gasteiger partial charge is 0.225 e. The molecule has 1 aliphatic carbocycles. The van der Waals surface area contributed by atoms with Crippen LogP contribution in [0.25, 0.3) is 10.6 Å². The van der Waals surface area contributed by atoms with Gasteiger partial charge in [-0.2, -0.15) is 0 Å². The molecule has 2 aliphatic rings. The summed E-state index contributed by atoms with van der Waals surface area (Å²) in [6, 6.07) is 9.84. The molecule has 4 heterocycles. The van der Waals surface area contributed by atoms with E-state index < -0.39 is 12.2 Å². The average molecular weight is 494 g/mol. The number of nitrogens with zero attached hydrogens (tertiary/aromatic N) is 4. The van der Waals surface area contributed by atoms with Crippen molar-refractivity contribution in [2.75, 3.05) is 18.4 Å². The lowest BCUT2D eigenvalue weighted by Crippen LogP contribution is -2.50. The van der Waals surface area contributed by atoms with E-state index >= 15 is 0 Å². The fourth-order valence-corrected chi connectivity index (χ4v) is 5.99. The minimum Gasteiger partial charge on any atom is -0.390 e. The van der Waals surface area contributed by atoms with Gasteiger partial charge in [0.15, 0.2) is 0 Å². The zero-order chi connectivity index (χ0) is 24.4. The minimum absolute atomic E-state index is 0.00668. The molecule has 3 N–H and O–H groups in total. The molecule has 3 aromatic rings. The van der Waals surface area contributed by atoms with Gasteiger partial charge in [-0.1, -0.05) is 6.07 Å². The number of aliphatic hydroxyl groups is 2. The Kier molecular flexibility index (Phi) is 7.08. The van der Waals surface area contributed by atoms with E-state index in [9.17, 15) is 15.0 Å². The molecule has 9 heteroatoms.